The Morgan fingerprint density at radius 1 is 1.19 bits per heavy atom. The molecule has 0 aromatic heterocycles. The Balaban J connectivity index is 2.95. The summed E-state index contributed by atoms with van der Waals surface area (Å²) in [6.07, 6.45) is 0.871. The quantitative estimate of drug-likeness (QED) is 0.840. The van der Waals surface area contributed by atoms with Crippen molar-refractivity contribution in [2.24, 2.45) is 0 Å². The van der Waals surface area contributed by atoms with Crippen molar-refractivity contribution >= 4 is 11.8 Å². The van der Waals surface area contributed by atoms with E-state index < -0.39 is 6.04 Å². The summed E-state index contributed by atoms with van der Waals surface area (Å²) in [5.41, 5.74) is 0.806. The third-order valence-corrected chi connectivity index (χ3v) is 3.31. The van der Waals surface area contributed by atoms with E-state index in [1.165, 1.54) is 12.1 Å². The number of nitrogens with zero attached hydrogens (tertiary/aromatic N) is 1. The molecule has 0 fully saturated rings. The monoisotopic (exact) mass is 294 g/mol. The lowest BCUT2D eigenvalue weighted by molar-refractivity contribution is -0.141. The number of hydrogen-bond donors (Lipinski definition) is 1. The van der Waals surface area contributed by atoms with Gasteiger partial charge in [-0.1, -0.05) is 26.0 Å². The van der Waals surface area contributed by atoms with Crippen molar-refractivity contribution in [3.63, 3.8) is 0 Å². The minimum Gasteiger partial charge on any atom is -0.355 e. The largest absolute Gasteiger partial charge is 0.355 e. The molecule has 0 aliphatic heterocycles. The second-order valence-electron chi connectivity index (χ2n) is 4.82. The highest BCUT2D eigenvalue weighted by molar-refractivity contribution is 5.87. The molecular weight excluding hydrogens is 271 g/mol. The van der Waals surface area contributed by atoms with Crippen LogP contribution in [0.3, 0.4) is 0 Å². The van der Waals surface area contributed by atoms with Crippen LogP contribution in [0.15, 0.2) is 24.3 Å². The Morgan fingerprint density at radius 3 is 2.29 bits per heavy atom. The fraction of sp³-hybridized carbons (Fsp3) is 0.500. The van der Waals surface area contributed by atoms with Crippen LogP contribution in [0.2, 0.25) is 0 Å². The van der Waals surface area contributed by atoms with Gasteiger partial charge in [-0.15, -0.1) is 0 Å². The highest BCUT2D eigenvalue weighted by Crippen LogP contribution is 2.14. The van der Waals surface area contributed by atoms with Crippen molar-refractivity contribution in [2.75, 3.05) is 6.54 Å². The van der Waals surface area contributed by atoms with E-state index in [-0.39, 0.29) is 17.6 Å². The molecule has 4 nitrogen and oxygen atoms in total. The zero-order valence-electron chi connectivity index (χ0n) is 12.9. The van der Waals surface area contributed by atoms with Crippen LogP contribution < -0.4 is 5.32 Å². The summed E-state index contributed by atoms with van der Waals surface area (Å²) in [5, 5.41) is 2.76. The van der Waals surface area contributed by atoms with Crippen LogP contribution in [0.1, 0.15) is 39.2 Å². The van der Waals surface area contributed by atoms with Crippen LogP contribution in [-0.2, 0) is 16.1 Å². The van der Waals surface area contributed by atoms with Gasteiger partial charge in [-0.25, -0.2) is 4.39 Å². The summed E-state index contributed by atoms with van der Waals surface area (Å²) in [6, 6.07) is 5.49. The SMILES string of the molecule is CCNC(=O)[C@H](CC)N(Cc1ccc(F)cc1)C(=O)CC. The first-order valence-electron chi connectivity index (χ1n) is 7.35. The van der Waals surface area contributed by atoms with E-state index in [2.05, 4.69) is 5.32 Å². The molecule has 1 atom stereocenters. The number of benzene rings is 1. The van der Waals surface area contributed by atoms with Crippen LogP contribution in [-0.4, -0.2) is 29.3 Å². The highest BCUT2D eigenvalue weighted by atomic mass is 19.1. The van der Waals surface area contributed by atoms with E-state index in [1.807, 2.05) is 13.8 Å². The van der Waals surface area contributed by atoms with E-state index in [4.69, 9.17) is 0 Å². The van der Waals surface area contributed by atoms with Gasteiger partial charge >= 0.3 is 0 Å². The number of likely N-dealkylation sites (N-methyl/N-ethyl adjacent to an activating group) is 1. The maximum Gasteiger partial charge on any atom is 0.242 e. The van der Waals surface area contributed by atoms with Gasteiger partial charge in [-0.05, 0) is 31.0 Å². The molecule has 1 aromatic carbocycles. The van der Waals surface area contributed by atoms with Gasteiger partial charge in [0, 0.05) is 19.5 Å². The number of carbonyl (C=O) groups is 2. The summed E-state index contributed by atoms with van der Waals surface area (Å²) in [5.74, 6) is -0.552. The summed E-state index contributed by atoms with van der Waals surface area (Å²) in [6.45, 7) is 6.32. The molecule has 1 N–H and O–H groups in total. The van der Waals surface area contributed by atoms with Gasteiger partial charge in [0.2, 0.25) is 11.8 Å². The maximum atomic E-state index is 13.0. The van der Waals surface area contributed by atoms with E-state index in [0.717, 1.165) is 5.56 Å². The molecule has 21 heavy (non-hydrogen) atoms. The predicted molar refractivity (Wildman–Crippen MR) is 80.0 cm³/mol. The van der Waals surface area contributed by atoms with Gasteiger partial charge in [0.05, 0.1) is 0 Å². The van der Waals surface area contributed by atoms with Gasteiger partial charge < -0.3 is 10.2 Å². The van der Waals surface area contributed by atoms with E-state index >= 15 is 0 Å². The lowest BCUT2D eigenvalue weighted by Crippen LogP contribution is -2.48. The van der Waals surface area contributed by atoms with Gasteiger partial charge in [0.15, 0.2) is 0 Å². The lowest BCUT2D eigenvalue weighted by Gasteiger charge is -2.30. The molecule has 0 unspecified atom stereocenters. The summed E-state index contributed by atoms with van der Waals surface area (Å²) >= 11 is 0. The average molecular weight is 294 g/mol. The molecule has 1 aromatic rings. The first-order valence-corrected chi connectivity index (χ1v) is 7.35. The lowest BCUT2D eigenvalue weighted by atomic mass is 10.1. The van der Waals surface area contributed by atoms with Crippen LogP contribution in [0, 0.1) is 5.82 Å². The molecule has 0 saturated heterocycles. The molecule has 2 amide bonds. The molecule has 116 valence electrons. The third-order valence-electron chi connectivity index (χ3n) is 3.31. The smallest absolute Gasteiger partial charge is 0.242 e. The van der Waals surface area contributed by atoms with Crippen molar-refractivity contribution in [3.05, 3.63) is 35.6 Å². The van der Waals surface area contributed by atoms with Crippen LogP contribution in [0.5, 0.6) is 0 Å². The number of amides is 2. The first kappa shape index (κ1) is 17.1. The Bertz CT molecular complexity index is 474. The second kappa shape index (κ2) is 8.39. The second-order valence-corrected chi connectivity index (χ2v) is 4.82. The molecule has 5 heteroatoms. The van der Waals surface area contributed by atoms with Gasteiger partial charge in [-0.2, -0.15) is 0 Å². The van der Waals surface area contributed by atoms with Crippen molar-refractivity contribution < 1.29 is 14.0 Å². The highest BCUT2D eigenvalue weighted by Gasteiger charge is 2.27. The average Bonchev–Trinajstić information content (AvgIpc) is 2.48. The fourth-order valence-corrected chi connectivity index (χ4v) is 2.20. The number of carbonyl (C=O) groups excluding carboxylic acids is 2. The van der Waals surface area contributed by atoms with Crippen LogP contribution >= 0.6 is 0 Å². The molecule has 0 heterocycles. The molecule has 0 spiro atoms. The Hall–Kier alpha value is -1.91. The van der Waals surface area contributed by atoms with E-state index in [1.54, 1.807) is 24.0 Å². The zero-order chi connectivity index (χ0) is 15.8. The summed E-state index contributed by atoms with van der Waals surface area (Å²) in [7, 11) is 0. The Labute approximate surface area is 125 Å². The molecular formula is C16H23FN2O2. The van der Waals surface area contributed by atoms with Crippen LogP contribution in [0.4, 0.5) is 4.39 Å². The van der Waals surface area contributed by atoms with Gasteiger partial charge in [-0.3, -0.25) is 9.59 Å². The molecule has 0 saturated carbocycles. The van der Waals surface area contributed by atoms with Crippen molar-refractivity contribution in [1.82, 2.24) is 10.2 Å². The van der Waals surface area contributed by atoms with Crippen molar-refractivity contribution in [3.8, 4) is 0 Å². The zero-order valence-corrected chi connectivity index (χ0v) is 12.9. The molecule has 0 aliphatic rings. The predicted octanol–water partition coefficient (Wildman–Crippen LogP) is 2.48. The third kappa shape index (κ3) is 4.85. The van der Waals surface area contributed by atoms with Gasteiger partial charge in [0.1, 0.15) is 11.9 Å². The Kier molecular flexibility index (Phi) is 6.85. The molecule has 0 radical (unpaired) electrons. The number of nitrogens with one attached hydrogen (secondary N) is 1. The minimum atomic E-state index is -0.498. The van der Waals surface area contributed by atoms with Crippen molar-refractivity contribution in [2.45, 2.75) is 46.2 Å². The van der Waals surface area contributed by atoms with Crippen LogP contribution in [0.25, 0.3) is 0 Å². The number of halogens is 1. The topological polar surface area (TPSA) is 49.4 Å². The normalized spacial score (nSPS) is 11.8. The number of rotatable bonds is 7. The molecule has 0 bridgehead atoms. The summed E-state index contributed by atoms with van der Waals surface area (Å²) < 4.78 is 13.0. The standard InChI is InChI=1S/C16H23FN2O2/c1-4-14(16(21)18-6-3)19(15(20)5-2)11-12-7-9-13(17)10-8-12/h7-10,14H,4-6,11H2,1-3H3,(H,18,21)/t14-/m0/s1. The Morgan fingerprint density at radius 2 is 1.81 bits per heavy atom. The van der Waals surface area contributed by atoms with E-state index in [9.17, 15) is 14.0 Å². The van der Waals surface area contributed by atoms with E-state index in [0.29, 0.717) is 25.9 Å². The molecule has 1 rings (SSSR count). The van der Waals surface area contributed by atoms with Gasteiger partial charge in [0.25, 0.3) is 0 Å². The van der Waals surface area contributed by atoms with Crippen molar-refractivity contribution in [1.29, 1.82) is 0 Å². The fourth-order valence-electron chi connectivity index (χ4n) is 2.20. The first-order chi connectivity index (χ1) is 10.0. The maximum absolute atomic E-state index is 13.0. The minimum absolute atomic E-state index is 0.0857. The summed E-state index contributed by atoms with van der Waals surface area (Å²) in [4.78, 5) is 25.8. The number of hydrogen-bond acceptors (Lipinski definition) is 2. The molecule has 0 aliphatic carbocycles.